The first kappa shape index (κ1) is 22.2. The number of benzene rings is 2. The zero-order valence-corrected chi connectivity index (χ0v) is 17.4. The van der Waals surface area contributed by atoms with Crippen LogP contribution in [0, 0.1) is 0 Å². The van der Waals surface area contributed by atoms with Gasteiger partial charge < -0.3 is 15.4 Å². The fourth-order valence-electron chi connectivity index (χ4n) is 2.42. The van der Waals surface area contributed by atoms with Crippen LogP contribution >= 0.6 is 0 Å². The monoisotopic (exact) mass is 419 g/mol. The largest absolute Gasteiger partial charge is 0.497 e. The van der Waals surface area contributed by atoms with Crippen molar-refractivity contribution in [2.75, 3.05) is 18.4 Å². The highest BCUT2D eigenvalue weighted by atomic mass is 32.2. The topological polar surface area (TPSA) is 114 Å². The van der Waals surface area contributed by atoms with Gasteiger partial charge in [0.05, 0.1) is 12.0 Å². The number of rotatable bonds is 9. The molecule has 0 spiro atoms. The van der Waals surface area contributed by atoms with E-state index in [0.29, 0.717) is 18.0 Å². The smallest absolute Gasteiger partial charge is 0.261 e. The Balaban J connectivity index is 2.12. The number of carbonyl (C=O) groups excluding carboxylic acids is 2. The molecule has 2 rings (SSSR count). The van der Waals surface area contributed by atoms with E-state index >= 15 is 0 Å². The summed E-state index contributed by atoms with van der Waals surface area (Å²) in [6.07, 6.45) is 0.785. The van der Waals surface area contributed by atoms with E-state index in [0.717, 1.165) is 6.42 Å². The molecule has 0 radical (unpaired) electrons. The molecule has 0 saturated carbocycles. The molecular formula is C20H25N3O5S. The molecule has 0 unspecified atom stereocenters. The summed E-state index contributed by atoms with van der Waals surface area (Å²) in [4.78, 5) is 24.3. The number of nitrogens with one attached hydrogen (secondary N) is 3. The first-order valence-corrected chi connectivity index (χ1v) is 10.6. The third kappa shape index (κ3) is 6.21. The lowest BCUT2D eigenvalue weighted by atomic mass is 10.2. The lowest BCUT2D eigenvalue weighted by Crippen LogP contribution is -2.45. The molecule has 1 atom stereocenters. The van der Waals surface area contributed by atoms with Crippen LogP contribution in [0.15, 0.2) is 53.4 Å². The summed E-state index contributed by atoms with van der Waals surface area (Å²) in [5.41, 5.74) is 0.500. The second kappa shape index (κ2) is 9.92. The molecule has 0 heterocycles. The number of ether oxygens (including phenoxy) is 1. The lowest BCUT2D eigenvalue weighted by molar-refractivity contribution is -0.122. The minimum Gasteiger partial charge on any atom is -0.497 e. The first-order chi connectivity index (χ1) is 13.8. The molecule has 0 aromatic heterocycles. The highest BCUT2D eigenvalue weighted by Crippen LogP contribution is 2.20. The van der Waals surface area contributed by atoms with Crippen LogP contribution in [-0.2, 0) is 14.8 Å². The first-order valence-electron chi connectivity index (χ1n) is 9.12. The zero-order chi connectivity index (χ0) is 21.4. The number of sulfonamides is 1. The Kier molecular flexibility index (Phi) is 7.60. The molecule has 8 nitrogen and oxygen atoms in total. The van der Waals surface area contributed by atoms with Gasteiger partial charge >= 0.3 is 0 Å². The van der Waals surface area contributed by atoms with E-state index in [4.69, 9.17) is 4.74 Å². The minimum absolute atomic E-state index is 0.0657. The molecule has 9 heteroatoms. The lowest BCUT2D eigenvalue weighted by Gasteiger charge is -2.14. The van der Waals surface area contributed by atoms with Gasteiger partial charge in [-0.25, -0.2) is 8.42 Å². The van der Waals surface area contributed by atoms with Crippen LogP contribution in [0.25, 0.3) is 0 Å². The van der Waals surface area contributed by atoms with Gasteiger partial charge in [-0.05, 0) is 55.8 Å². The molecule has 0 bridgehead atoms. The molecule has 2 aromatic carbocycles. The van der Waals surface area contributed by atoms with Gasteiger partial charge in [0.15, 0.2) is 0 Å². The van der Waals surface area contributed by atoms with Gasteiger partial charge in [-0.2, -0.15) is 0 Å². The SMILES string of the molecule is CCCNC(=O)[C@H](C)NC(=O)c1cccc(S(=O)(=O)Nc2ccc(OC)cc2)c1. The molecule has 0 aliphatic carbocycles. The van der Waals surface area contributed by atoms with Crippen LogP contribution in [0.1, 0.15) is 30.6 Å². The zero-order valence-electron chi connectivity index (χ0n) is 16.6. The Morgan fingerprint density at radius 1 is 1.10 bits per heavy atom. The molecule has 2 amide bonds. The molecule has 2 aromatic rings. The number of anilines is 1. The average molecular weight is 420 g/mol. The highest BCUT2D eigenvalue weighted by Gasteiger charge is 2.19. The second-order valence-electron chi connectivity index (χ2n) is 6.35. The number of hydrogen-bond donors (Lipinski definition) is 3. The van der Waals surface area contributed by atoms with Crippen LogP contribution in [0.2, 0.25) is 0 Å². The Morgan fingerprint density at radius 2 is 1.79 bits per heavy atom. The molecule has 29 heavy (non-hydrogen) atoms. The highest BCUT2D eigenvalue weighted by molar-refractivity contribution is 7.92. The summed E-state index contributed by atoms with van der Waals surface area (Å²) in [6, 6.07) is 11.3. The molecule has 0 aliphatic heterocycles. The summed E-state index contributed by atoms with van der Waals surface area (Å²) in [5, 5.41) is 5.26. The number of methoxy groups -OCH3 is 1. The van der Waals surface area contributed by atoms with Crippen molar-refractivity contribution in [1.29, 1.82) is 0 Å². The Hall–Kier alpha value is -3.07. The molecule has 156 valence electrons. The van der Waals surface area contributed by atoms with Crippen molar-refractivity contribution in [3.8, 4) is 5.75 Å². The standard InChI is InChI=1S/C20H25N3O5S/c1-4-12-21-19(24)14(2)22-20(25)15-6-5-7-18(13-15)29(26,27)23-16-8-10-17(28-3)11-9-16/h5-11,13-14,23H,4,12H2,1-3H3,(H,21,24)(H,22,25)/t14-/m0/s1. The Morgan fingerprint density at radius 3 is 2.41 bits per heavy atom. The third-order valence-electron chi connectivity index (χ3n) is 4.04. The van der Waals surface area contributed by atoms with E-state index < -0.39 is 22.0 Å². The minimum atomic E-state index is -3.90. The van der Waals surface area contributed by atoms with Gasteiger partial charge in [0.25, 0.3) is 15.9 Å². The normalized spacial score (nSPS) is 12.0. The molecule has 0 aliphatic rings. The van der Waals surface area contributed by atoms with E-state index in [9.17, 15) is 18.0 Å². The van der Waals surface area contributed by atoms with Crippen molar-refractivity contribution in [3.63, 3.8) is 0 Å². The van der Waals surface area contributed by atoms with Crippen molar-refractivity contribution in [1.82, 2.24) is 10.6 Å². The van der Waals surface area contributed by atoms with Crippen molar-refractivity contribution in [2.45, 2.75) is 31.2 Å². The van der Waals surface area contributed by atoms with Crippen molar-refractivity contribution in [2.24, 2.45) is 0 Å². The predicted octanol–water partition coefficient (Wildman–Crippen LogP) is 2.14. The van der Waals surface area contributed by atoms with E-state index in [2.05, 4.69) is 15.4 Å². The van der Waals surface area contributed by atoms with Gasteiger partial charge in [0.2, 0.25) is 5.91 Å². The van der Waals surface area contributed by atoms with Crippen molar-refractivity contribution >= 4 is 27.5 Å². The molecule has 0 saturated heterocycles. The van der Waals surface area contributed by atoms with Crippen molar-refractivity contribution in [3.05, 3.63) is 54.1 Å². The summed E-state index contributed by atoms with van der Waals surface area (Å²) in [6.45, 7) is 4.01. The average Bonchev–Trinajstić information content (AvgIpc) is 2.72. The third-order valence-corrected chi connectivity index (χ3v) is 5.42. The number of amides is 2. The van der Waals surface area contributed by atoms with Gasteiger partial charge in [-0.15, -0.1) is 0 Å². The molecular weight excluding hydrogens is 394 g/mol. The van der Waals surface area contributed by atoms with Crippen LogP contribution in [0.5, 0.6) is 5.75 Å². The Bertz CT molecular complexity index is 958. The second-order valence-corrected chi connectivity index (χ2v) is 8.03. The van der Waals surface area contributed by atoms with E-state index in [1.807, 2.05) is 6.92 Å². The Labute approximate surface area is 170 Å². The summed E-state index contributed by atoms with van der Waals surface area (Å²) in [7, 11) is -2.38. The van der Waals surface area contributed by atoms with Crippen LogP contribution in [0.3, 0.4) is 0 Å². The number of hydrogen-bond acceptors (Lipinski definition) is 5. The van der Waals surface area contributed by atoms with Gasteiger partial charge in [0, 0.05) is 17.8 Å². The fraction of sp³-hybridized carbons (Fsp3) is 0.300. The summed E-state index contributed by atoms with van der Waals surface area (Å²) in [5.74, 6) is -0.237. The number of carbonyl (C=O) groups is 2. The van der Waals surface area contributed by atoms with E-state index in [1.54, 1.807) is 31.2 Å². The van der Waals surface area contributed by atoms with E-state index in [1.165, 1.54) is 31.4 Å². The van der Waals surface area contributed by atoms with Gasteiger partial charge in [-0.3, -0.25) is 14.3 Å². The molecule has 0 fully saturated rings. The maximum absolute atomic E-state index is 12.6. The quantitative estimate of drug-likeness (QED) is 0.576. The summed E-state index contributed by atoms with van der Waals surface area (Å²) >= 11 is 0. The summed E-state index contributed by atoms with van der Waals surface area (Å²) < 4.78 is 32.8. The van der Waals surface area contributed by atoms with Crippen LogP contribution < -0.4 is 20.1 Å². The van der Waals surface area contributed by atoms with E-state index in [-0.39, 0.29) is 16.4 Å². The van der Waals surface area contributed by atoms with Gasteiger partial charge in [-0.1, -0.05) is 13.0 Å². The van der Waals surface area contributed by atoms with Crippen molar-refractivity contribution < 1.29 is 22.7 Å². The maximum atomic E-state index is 12.6. The fourth-order valence-corrected chi connectivity index (χ4v) is 3.53. The van der Waals surface area contributed by atoms with Crippen LogP contribution in [0.4, 0.5) is 5.69 Å². The van der Waals surface area contributed by atoms with Crippen LogP contribution in [-0.4, -0.2) is 39.9 Å². The molecule has 3 N–H and O–H groups in total. The predicted molar refractivity (Wildman–Crippen MR) is 110 cm³/mol. The maximum Gasteiger partial charge on any atom is 0.261 e. The van der Waals surface area contributed by atoms with Gasteiger partial charge in [0.1, 0.15) is 11.8 Å².